The van der Waals surface area contributed by atoms with Crippen molar-refractivity contribution in [2.45, 2.75) is 38.6 Å². The molecule has 0 aromatic carbocycles. The molecule has 0 saturated heterocycles. The standard InChI is InChI=1S/C14H23N3O2S/c1-9(15)14-17-12(8-20-14)13(19)16-6-10-4-2-3-5-11(10)7-18/h8-11,18H,2-7,15H2,1H3,(H,16,19). The molecule has 3 atom stereocenters. The van der Waals surface area contributed by atoms with Gasteiger partial charge in [0.1, 0.15) is 10.7 Å². The quantitative estimate of drug-likeness (QED) is 0.771. The highest BCUT2D eigenvalue weighted by Gasteiger charge is 2.25. The van der Waals surface area contributed by atoms with Crippen LogP contribution in [0.2, 0.25) is 0 Å². The fraction of sp³-hybridized carbons (Fsp3) is 0.714. The van der Waals surface area contributed by atoms with Crippen LogP contribution in [0.1, 0.15) is 54.1 Å². The average Bonchev–Trinajstić information content (AvgIpc) is 2.95. The van der Waals surface area contributed by atoms with Crippen LogP contribution in [0.3, 0.4) is 0 Å². The van der Waals surface area contributed by atoms with E-state index >= 15 is 0 Å². The third-order valence-electron chi connectivity index (χ3n) is 3.97. The molecule has 1 aromatic heterocycles. The summed E-state index contributed by atoms with van der Waals surface area (Å²) in [5.41, 5.74) is 6.19. The summed E-state index contributed by atoms with van der Waals surface area (Å²) in [6.07, 6.45) is 4.50. The predicted octanol–water partition coefficient (Wildman–Crippen LogP) is 1.69. The van der Waals surface area contributed by atoms with Gasteiger partial charge in [0, 0.05) is 18.5 Å². The Morgan fingerprint density at radius 2 is 2.25 bits per heavy atom. The van der Waals surface area contributed by atoms with Gasteiger partial charge in [-0.25, -0.2) is 4.98 Å². The maximum absolute atomic E-state index is 12.0. The minimum absolute atomic E-state index is 0.140. The summed E-state index contributed by atoms with van der Waals surface area (Å²) < 4.78 is 0. The van der Waals surface area contributed by atoms with Crippen molar-refractivity contribution in [3.8, 4) is 0 Å². The summed E-state index contributed by atoms with van der Waals surface area (Å²) in [7, 11) is 0. The number of nitrogens with two attached hydrogens (primary N) is 1. The number of rotatable bonds is 5. The van der Waals surface area contributed by atoms with Crippen molar-refractivity contribution in [2.24, 2.45) is 17.6 Å². The predicted molar refractivity (Wildman–Crippen MR) is 79.6 cm³/mol. The van der Waals surface area contributed by atoms with E-state index in [1.54, 1.807) is 5.38 Å². The summed E-state index contributed by atoms with van der Waals surface area (Å²) in [5, 5.41) is 14.8. The Bertz CT molecular complexity index is 447. The van der Waals surface area contributed by atoms with E-state index < -0.39 is 0 Å². The van der Waals surface area contributed by atoms with E-state index in [2.05, 4.69) is 10.3 Å². The van der Waals surface area contributed by atoms with E-state index in [1.165, 1.54) is 24.2 Å². The van der Waals surface area contributed by atoms with E-state index in [9.17, 15) is 9.90 Å². The summed E-state index contributed by atoms with van der Waals surface area (Å²) in [6.45, 7) is 2.69. The molecule has 1 aliphatic carbocycles. The van der Waals surface area contributed by atoms with E-state index in [0.717, 1.165) is 17.8 Å². The van der Waals surface area contributed by atoms with Gasteiger partial charge in [-0.1, -0.05) is 12.8 Å². The minimum atomic E-state index is -0.143. The lowest BCUT2D eigenvalue weighted by Gasteiger charge is -2.30. The van der Waals surface area contributed by atoms with Crippen LogP contribution < -0.4 is 11.1 Å². The number of hydrogen-bond acceptors (Lipinski definition) is 5. The van der Waals surface area contributed by atoms with Crippen molar-refractivity contribution in [3.63, 3.8) is 0 Å². The molecule has 3 unspecified atom stereocenters. The van der Waals surface area contributed by atoms with Gasteiger partial charge in [-0.3, -0.25) is 4.79 Å². The van der Waals surface area contributed by atoms with Gasteiger partial charge in [-0.2, -0.15) is 0 Å². The summed E-state index contributed by atoms with van der Waals surface area (Å²) in [4.78, 5) is 16.3. The van der Waals surface area contributed by atoms with Crippen molar-refractivity contribution in [1.29, 1.82) is 0 Å². The van der Waals surface area contributed by atoms with Crippen LogP contribution in [-0.2, 0) is 0 Å². The normalized spacial score (nSPS) is 24.4. The minimum Gasteiger partial charge on any atom is -0.396 e. The van der Waals surface area contributed by atoms with E-state index in [0.29, 0.717) is 24.1 Å². The first-order valence-corrected chi connectivity index (χ1v) is 8.09. The molecule has 1 aromatic rings. The van der Waals surface area contributed by atoms with Crippen LogP contribution in [0.25, 0.3) is 0 Å². The molecule has 1 saturated carbocycles. The highest BCUT2D eigenvalue weighted by atomic mass is 32.1. The second-order valence-corrected chi connectivity index (χ2v) is 6.45. The number of hydrogen-bond donors (Lipinski definition) is 3. The zero-order valence-corrected chi connectivity index (χ0v) is 12.7. The highest BCUT2D eigenvalue weighted by Crippen LogP contribution is 2.29. The first-order valence-electron chi connectivity index (χ1n) is 7.22. The molecule has 1 aliphatic rings. The molecule has 0 spiro atoms. The summed E-state index contributed by atoms with van der Waals surface area (Å²) >= 11 is 1.42. The summed E-state index contributed by atoms with van der Waals surface area (Å²) in [5.74, 6) is 0.554. The van der Waals surface area contributed by atoms with Crippen molar-refractivity contribution >= 4 is 17.2 Å². The van der Waals surface area contributed by atoms with Gasteiger partial charge in [0.2, 0.25) is 0 Å². The average molecular weight is 297 g/mol. The Morgan fingerprint density at radius 3 is 2.85 bits per heavy atom. The number of carbonyl (C=O) groups excluding carboxylic acids is 1. The lowest BCUT2D eigenvalue weighted by atomic mass is 9.79. The van der Waals surface area contributed by atoms with Crippen LogP contribution in [0, 0.1) is 11.8 Å². The van der Waals surface area contributed by atoms with Crippen molar-refractivity contribution in [3.05, 3.63) is 16.1 Å². The number of amides is 1. The molecule has 6 heteroatoms. The summed E-state index contributed by atoms with van der Waals surface area (Å²) in [6, 6.07) is -0.140. The molecule has 1 fully saturated rings. The van der Waals surface area contributed by atoms with Crippen LogP contribution in [0.4, 0.5) is 0 Å². The second kappa shape index (κ2) is 7.15. The number of nitrogens with zero attached hydrogens (tertiary/aromatic N) is 1. The maximum atomic E-state index is 12.0. The largest absolute Gasteiger partial charge is 0.396 e. The third kappa shape index (κ3) is 3.77. The number of thiazole rings is 1. The van der Waals surface area contributed by atoms with E-state index in [-0.39, 0.29) is 18.6 Å². The molecule has 1 heterocycles. The highest BCUT2D eigenvalue weighted by molar-refractivity contribution is 7.09. The van der Waals surface area contributed by atoms with Crippen LogP contribution in [0.15, 0.2) is 5.38 Å². The van der Waals surface area contributed by atoms with Crippen molar-refractivity contribution in [1.82, 2.24) is 10.3 Å². The van der Waals surface area contributed by atoms with Crippen LogP contribution in [-0.4, -0.2) is 29.1 Å². The first-order chi connectivity index (χ1) is 9.61. The lowest BCUT2D eigenvalue weighted by molar-refractivity contribution is 0.0905. The Morgan fingerprint density at radius 1 is 1.55 bits per heavy atom. The smallest absolute Gasteiger partial charge is 0.270 e. The first kappa shape index (κ1) is 15.4. The Hall–Kier alpha value is -0.980. The van der Waals surface area contributed by atoms with Crippen molar-refractivity contribution in [2.75, 3.05) is 13.2 Å². The van der Waals surface area contributed by atoms with Gasteiger partial charge in [-0.05, 0) is 31.6 Å². The maximum Gasteiger partial charge on any atom is 0.270 e. The fourth-order valence-electron chi connectivity index (χ4n) is 2.71. The van der Waals surface area contributed by atoms with Crippen molar-refractivity contribution < 1.29 is 9.90 Å². The van der Waals surface area contributed by atoms with E-state index in [1.807, 2.05) is 6.92 Å². The van der Waals surface area contributed by atoms with Crippen LogP contribution >= 0.6 is 11.3 Å². The van der Waals surface area contributed by atoms with Crippen LogP contribution in [0.5, 0.6) is 0 Å². The number of aromatic nitrogens is 1. The molecular formula is C14H23N3O2S. The topological polar surface area (TPSA) is 88.2 Å². The van der Waals surface area contributed by atoms with Gasteiger partial charge in [0.15, 0.2) is 0 Å². The number of nitrogens with one attached hydrogen (secondary N) is 1. The third-order valence-corrected chi connectivity index (χ3v) is 5.02. The fourth-order valence-corrected chi connectivity index (χ4v) is 3.47. The lowest BCUT2D eigenvalue weighted by Crippen LogP contribution is -2.35. The number of aliphatic hydroxyl groups excluding tert-OH is 1. The van der Waals surface area contributed by atoms with Gasteiger partial charge >= 0.3 is 0 Å². The van der Waals surface area contributed by atoms with Gasteiger partial charge < -0.3 is 16.2 Å². The van der Waals surface area contributed by atoms with E-state index in [4.69, 9.17) is 5.73 Å². The second-order valence-electron chi connectivity index (χ2n) is 5.56. The monoisotopic (exact) mass is 297 g/mol. The number of carbonyl (C=O) groups is 1. The molecule has 1 amide bonds. The molecule has 112 valence electrons. The van der Waals surface area contributed by atoms with Gasteiger partial charge in [0.05, 0.1) is 6.04 Å². The Kier molecular flexibility index (Phi) is 5.51. The number of aliphatic hydroxyl groups is 1. The molecule has 4 N–H and O–H groups in total. The Balaban J connectivity index is 1.87. The SMILES string of the molecule is CC(N)c1nc(C(=O)NCC2CCCCC2CO)cs1. The zero-order chi connectivity index (χ0) is 14.5. The molecule has 0 aliphatic heterocycles. The molecule has 2 rings (SSSR count). The Labute approximate surface area is 123 Å². The van der Waals surface area contributed by atoms with Gasteiger partial charge in [0.25, 0.3) is 5.91 Å². The molecule has 20 heavy (non-hydrogen) atoms. The molecular weight excluding hydrogens is 274 g/mol. The zero-order valence-electron chi connectivity index (χ0n) is 11.8. The molecule has 0 radical (unpaired) electrons. The van der Waals surface area contributed by atoms with Gasteiger partial charge in [-0.15, -0.1) is 11.3 Å². The molecule has 0 bridgehead atoms. The molecule has 5 nitrogen and oxygen atoms in total.